The topological polar surface area (TPSA) is 284 Å². The van der Waals surface area contributed by atoms with Crippen LogP contribution in [0.4, 0.5) is 19.3 Å². The number of nitrogens with zero attached hydrogens (tertiary/aromatic N) is 4. The number of ether oxygens (including phenoxy) is 3. The lowest BCUT2D eigenvalue weighted by Crippen LogP contribution is -2.42. The van der Waals surface area contributed by atoms with Crippen molar-refractivity contribution in [2.24, 2.45) is 0 Å². The van der Waals surface area contributed by atoms with Crippen molar-refractivity contribution in [2.45, 2.75) is 49.9 Å². The van der Waals surface area contributed by atoms with Crippen molar-refractivity contribution in [3.05, 3.63) is 126 Å². The van der Waals surface area contributed by atoms with Gasteiger partial charge in [-0.2, -0.15) is 0 Å². The normalized spacial score (nSPS) is 11.9. The second-order valence-corrected chi connectivity index (χ2v) is 19.5. The maximum absolute atomic E-state index is 14.4. The molecule has 2 aromatic carbocycles. The fraction of sp³-hybridized carbons (Fsp3) is 0.234. The first-order valence-corrected chi connectivity index (χ1v) is 25.4. The predicted molar refractivity (Wildman–Crippen MR) is 261 cm³/mol. The highest BCUT2D eigenvalue weighted by Crippen LogP contribution is 2.34. The van der Waals surface area contributed by atoms with Crippen molar-refractivity contribution in [1.29, 1.82) is 0 Å². The number of halogens is 2. The molecule has 6 rings (SSSR count). The quantitative estimate of drug-likeness (QED) is 0.0205. The van der Waals surface area contributed by atoms with Crippen LogP contribution >= 0.6 is 21.6 Å². The molecular weight excluding hydrogens is 1000 g/mol. The number of nitrogens with one attached hydrogen (secondary N) is 4. The monoisotopic (exact) mass is 1050 g/mol. The molecule has 4 heterocycles. The smallest absolute Gasteiger partial charge is 0.480 e. The summed E-state index contributed by atoms with van der Waals surface area (Å²) in [5.41, 5.74) is 4.09. The molecule has 1 unspecified atom stereocenters. The van der Waals surface area contributed by atoms with Gasteiger partial charge in [-0.1, -0.05) is 33.7 Å². The Morgan fingerprint density at radius 3 is 2.31 bits per heavy atom. The standard InChI is InChI=1S/C47H44F2N8O12S3/c1-27(24-58)55-44(61)29-11-13-50-34(17-29)23-53-42(59)9-10-43(60)56-40(46(62)63)26-71-70-16-15-68-47(64)69-25-33-6-3-30(21-52-33)35-12-14-51-38-7-4-28(18-36(35)38)31-19-39(45(67-2)54-22-31)57-72(65,66)41-8-5-32(48)20-37(41)49/h3-8,11-14,17-22,24,27,40,57H,9-10,15-16,23,25-26H2,1-2H3,(H,53,59)(H,55,61)(H,56,60)(H,62,63)/t27-,40?/m0/s1. The van der Waals surface area contributed by atoms with Crippen LogP contribution in [-0.4, -0.2) is 107 Å². The molecule has 0 aliphatic rings. The third-order valence-corrected chi connectivity index (χ3v) is 13.8. The number of carbonyl (C=O) groups is 6. The summed E-state index contributed by atoms with van der Waals surface area (Å²) in [4.78, 5) is 88.5. The summed E-state index contributed by atoms with van der Waals surface area (Å²) in [6.07, 6.45) is 5.16. The number of pyridine rings is 4. The van der Waals surface area contributed by atoms with Gasteiger partial charge in [-0.3, -0.25) is 34.1 Å². The Balaban J connectivity index is 0.924. The third kappa shape index (κ3) is 15.1. The zero-order valence-corrected chi connectivity index (χ0v) is 40.6. The van der Waals surface area contributed by atoms with Crippen LogP contribution in [0.5, 0.6) is 5.88 Å². The molecule has 0 aliphatic heterocycles. The molecule has 0 saturated carbocycles. The molecule has 25 heteroatoms. The van der Waals surface area contributed by atoms with E-state index in [2.05, 4.69) is 40.6 Å². The number of hydrogen-bond acceptors (Lipinski definition) is 17. The average Bonchev–Trinajstić information content (AvgIpc) is 3.36. The van der Waals surface area contributed by atoms with Gasteiger partial charge in [0.25, 0.3) is 15.9 Å². The second-order valence-electron chi connectivity index (χ2n) is 15.3. The molecule has 0 aliphatic carbocycles. The Morgan fingerprint density at radius 1 is 0.806 bits per heavy atom. The number of aromatic nitrogens is 4. The van der Waals surface area contributed by atoms with Gasteiger partial charge in [0.1, 0.15) is 47.8 Å². The summed E-state index contributed by atoms with van der Waals surface area (Å²) >= 11 is 0. The second kappa shape index (κ2) is 25.4. The first-order chi connectivity index (χ1) is 34.5. The minimum atomic E-state index is -4.52. The number of carbonyl (C=O) groups excluding carboxylic acids is 5. The van der Waals surface area contributed by atoms with Crippen molar-refractivity contribution in [1.82, 2.24) is 35.9 Å². The number of aldehydes is 1. The van der Waals surface area contributed by atoms with E-state index < -0.39 is 68.5 Å². The molecule has 0 fully saturated rings. The highest BCUT2D eigenvalue weighted by atomic mass is 33.1. The molecule has 0 spiro atoms. The van der Waals surface area contributed by atoms with E-state index in [1.807, 2.05) is 6.07 Å². The number of amides is 3. The molecule has 0 saturated heterocycles. The highest BCUT2D eigenvalue weighted by Gasteiger charge is 2.24. The van der Waals surface area contributed by atoms with Gasteiger partial charge in [0, 0.05) is 77.3 Å². The molecule has 20 nitrogen and oxygen atoms in total. The molecule has 4 aromatic heterocycles. The lowest BCUT2D eigenvalue weighted by Gasteiger charge is -2.14. The minimum Gasteiger partial charge on any atom is -0.480 e. The van der Waals surface area contributed by atoms with E-state index in [0.717, 1.165) is 28.5 Å². The van der Waals surface area contributed by atoms with Gasteiger partial charge >= 0.3 is 12.1 Å². The number of anilines is 1. The summed E-state index contributed by atoms with van der Waals surface area (Å²) in [5, 5.41) is 17.8. The van der Waals surface area contributed by atoms with Crippen LogP contribution in [0, 0.1) is 11.6 Å². The molecule has 2 atom stereocenters. The molecule has 72 heavy (non-hydrogen) atoms. The summed E-state index contributed by atoms with van der Waals surface area (Å²) < 4.78 is 72.0. The summed E-state index contributed by atoms with van der Waals surface area (Å²) in [6.45, 7) is 1.21. The van der Waals surface area contributed by atoms with Crippen molar-refractivity contribution in [3.63, 3.8) is 0 Å². The molecule has 376 valence electrons. The van der Waals surface area contributed by atoms with Crippen LogP contribution in [0.1, 0.15) is 41.5 Å². The fourth-order valence-electron chi connectivity index (χ4n) is 6.48. The number of methoxy groups -OCH3 is 1. The number of hydrogen-bond donors (Lipinski definition) is 5. The Bertz CT molecular complexity index is 3080. The molecule has 0 radical (unpaired) electrons. The number of fused-ring (bicyclic) bond motifs is 1. The Labute approximate surface area is 417 Å². The minimum absolute atomic E-state index is 0.0279. The zero-order chi connectivity index (χ0) is 51.8. The summed E-state index contributed by atoms with van der Waals surface area (Å²) in [6, 6.07) is 15.1. The van der Waals surface area contributed by atoms with E-state index in [4.69, 9.17) is 14.2 Å². The number of benzene rings is 2. The molecular formula is C47H44F2N8O12S3. The lowest BCUT2D eigenvalue weighted by molar-refractivity contribution is -0.141. The zero-order valence-electron chi connectivity index (χ0n) is 38.1. The van der Waals surface area contributed by atoms with Crippen molar-refractivity contribution >= 4 is 84.3 Å². The molecule has 5 N–H and O–H groups in total. The molecule has 6 aromatic rings. The van der Waals surface area contributed by atoms with Crippen molar-refractivity contribution in [2.75, 3.05) is 29.9 Å². The summed E-state index contributed by atoms with van der Waals surface area (Å²) in [5.74, 6) is -4.98. The maximum atomic E-state index is 14.4. The maximum Gasteiger partial charge on any atom is 0.508 e. The first kappa shape index (κ1) is 53.6. The van der Waals surface area contributed by atoms with Gasteiger partial charge in [-0.15, -0.1) is 0 Å². The van der Waals surface area contributed by atoms with Crippen LogP contribution in [0.25, 0.3) is 33.2 Å². The Morgan fingerprint density at radius 2 is 1.57 bits per heavy atom. The van der Waals surface area contributed by atoms with Gasteiger partial charge in [0.05, 0.1) is 36.6 Å². The van der Waals surface area contributed by atoms with E-state index >= 15 is 0 Å². The van der Waals surface area contributed by atoms with E-state index in [0.29, 0.717) is 51.3 Å². The first-order valence-electron chi connectivity index (χ1n) is 21.4. The van der Waals surface area contributed by atoms with E-state index in [1.165, 1.54) is 55.4 Å². The van der Waals surface area contributed by atoms with Crippen LogP contribution in [0.3, 0.4) is 0 Å². The number of carboxylic acids is 1. The van der Waals surface area contributed by atoms with Crippen molar-refractivity contribution < 1.29 is 65.3 Å². The van der Waals surface area contributed by atoms with E-state index in [-0.39, 0.29) is 61.2 Å². The largest absolute Gasteiger partial charge is 0.508 e. The van der Waals surface area contributed by atoms with Crippen LogP contribution in [0.2, 0.25) is 0 Å². The van der Waals surface area contributed by atoms with Crippen LogP contribution in [-0.2, 0) is 51.8 Å². The van der Waals surface area contributed by atoms with Gasteiger partial charge in [-0.25, -0.2) is 31.8 Å². The van der Waals surface area contributed by atoms with Gasteiger partial charge < -0.3 is 40.1 Å². The average molecular weight is 1050 g/mol. The fourth-order valence-corrected chi connectivity index (χ4v) is 9.57. The van der Waals surface area contributed by atoms with Crippen LogP contribution < -0.4 is 25.4 Å². The number of carboxylic acid groups (broad SMARTS) is 1. The van der Waals surface area contributed by atoms with E-state index in [1.54, 1.807) is 42.7 Å². The Hall–Kier alpha value is -7.77. The van der Waals surface area contributed by atoms with Gasteiger partial charge in [0.2, 0.25) is 17.7 Å². The number of aliphatic carboxylic acids is 1. The molecule has 0 bridgehead atoms. The molecule has 3 amide bonds. The highest BCUT2D eigenvalue weighted by molar-refractivity contribution is 8.76. The summed E-state index contributed by atoms with van der Waals surface area (Å²) in [7, 11) is -0.899. The van der Waals surface area contributed by atoms with Gasteiger partial charge in [-0.05, 0) is 72.6 Å². The third-order valence-electron chi connectivity index (χ3n) is 10.0. The van der Waals surface area contributed by atoms with Crippen LogP contribution in [0.15, 0.2) is 102 Å². The predicted octanol–water partition coefficient (Wildman–Crippen LogP) is 5.86. The van der Waals surface area contributed by atoms with Crippen molar-refractivity contribution in [3.8, 4) is 28.1 Å². The van der Waals surface area contributed by atoms with E-state index in [9.17, 15) is 51.1 Å². The Kier molecular flexibility index (Phi) is 18.9. The number of sulfonamides is 1. The van der Waals surface area contributed by atoms with Gasteiger partial charge in [0.15, 0.2) is 0 Å². The SMILES string of the molecule is COc1ncc(-c2ccc3nccc(-c4ccc(COC(=O)OCCSSCC(NC(=O)CCC(=O)NCc5cc(C(=O)N[C@@H](C)C=O)ccn5)C(=O)O)nc4)c3c2)cc1NS(=O)(=O)c1ccc(F)cc1F. The number of rotatable bonds is 24. The lowest BCUT2D eigenvalue weighted by atomic mass is 9.98.